The zero-order chi connectivity index (χ0) is 18.6. The lowest BCUT2D eigenvalue weighted by Crippen LogP contribution is -2.88. The lowest BCUT2D eigenvalue weighted by Gasteiger charge is -2.65. The molecule has 0 radical (unpaired) electrons. The SMILES string of the molecule is Cl.FCN1C(CF)(CF)C(CF)(CF)OC(CF)(CF)C1(CF)CF. The molecule has 0 amide bonds. The van der Waals surface area contributed by atoms with E-state index in [9.17, 15) is 39.5 Å². The first kappa shape index (κ1) is 24.6. The zero-order valence-corrected chi connectivity index (χ0v) is 13.8. The summed E-state index contributed by atoms with van der Waals surface area (Å²) in [6, 6.07) is 0. The average molecular weight is 412 g/mol. The summed E-state index contributed by atoms with van der Waals surface area (Å²) >= 11 is 0. The minimum Gasteiger partial charge on any atom is -0.353 e. The van der Waals surface area contributed by atoms with E-state index in [1.807, 2.05) is 0 Å². The second-order valence-electron chi connectivity index (χ2n) is 5.77. The van der Waals surface area contributed by atoms with Crippen LogP contribution < -0.4 is 0 Å². The van der Waals surface area contributed by atoms with Gasteiger partial charge in [0.25, 0.3) is 0 Å². The average Bonchev–Trinajstić information content (AvgIpc) is 2.65. The molecule has 152 valence electrons. The van der Waals surface area contributed by atoms with Gasteiger partial charge in [-0.3, -0.25) is 0 Å². The Kier molecular flexibility index (Phi) is 8.83. The van der Waals surface area contributed by atoms with Crippen LogP contribution in [0.4, 0.5) is 39.5 Å². The third kappa shape index (κ3) is 2.90. The van der Waals surface area contributed by atoms with Crippen molar-refractivity contribution >= 4 is 12.4 Å². The van der Waals surface area contributed by atoms with Gasteiger partial charge in [0.05, 0.1) is 0 Å². The number of halogens is 10. The molecule has 0 aromatic carbocycles. The van der Waals surface area contributed by atoms with Gasteiger partial charge >= 0.3 is 0 Å². The molecule has 0 spiro atoms. The van der Waals surface area contributed by atoms with Crippen LogP contribution in [0.1, 0.15) is 0 Å². The molecular weight excluding hydrogens is 393 g/mol. The second kappa shape index (κ2) is 8.98. The molecule has 25 heavy (non-hydrogen) atoms. The largest absolute Gasteiger partial charge is 0.353 e. The maximum Gasteiger partial charge on any atom is 0.149 e. The van der Waals surface area contributed by atoms with Crippen molar-refractivity contribution in [2.24, 2.45) is 0 Å². The van der Waals surface area contributed by atoms with Crippen molar-refractivity contribution in [3.63, 3.8) is 0 Å². The molecule has 1 fully saturated rings. The molecule has 0 aromatic heterocycles. The topological polar surface area (TPSA) is 12.5 Å². The molecule has 0 atom stereocenters. The summed E-state index contributed by atoms with van der Waals surface area (Å²) in [5, 5.41) is 0. The number of hydrogen-bond acceptors (Lipinski definition) is 2. The maximum atomic E-state index is 13.6. The molecule has 0 unspecified atom stereocenters. The summed E-state index contributed by atoms with van der Waals surface area (Å²) in [4.78, 5) is -0.207. The van der Waals surface area contributed by atoms with E-state index in [1.54, 1.807) is 0 Å². The first-order valence-corrected chi connectivity index (χ1v) is 6.91. The molecule has 0 aliphatic carbocycles. The summed E-state index contributed by atoms with van der Waals surface area (Å²) in [5.41, 5.74) is -12.6. The van der Waals surface area contributed by atoms with E-state index >= 15 is 0 Å². The van der Waals surface area contributed by atoms with Crippen molar-refractivity contribution in [1.82, 2.24) is 4.90 Å². The van der Waals surface area contributed by atoms with Crippen molar-refractivity contribution in [2.75, 3.05) is 60.2 Å². The fourth-order valence-electron chi connectivity index (χ4n) is 3.22. The van der Waals surface area contributed by atoms with Crippen LogP contribution in [-0.2, 0) is 4.74 Å². The van der Waals surface area contributed by atoms with Gasteiger partial charge < -0.3 is 4.74 Å². The summed E-state index contributed by atoms with van der Waals surface area (Å²) in [6.07, 6.45) is 0. The number of rotatable bonds is 9. The molecule has 12 heteroatoms. The van der Waals surface area contributed by atoms with Crippen molar-refractivity contribution in [3.05, 3.63) is 0 Å². The molecule has 1 rings (SSSR count). The van der Waals surface area contributed by atoms with Crippen molar-refractivity contribution in [1.29, 1.82) is 0 Å². The standard InChI is InChI=1S/C13H18F9NO.ClH/c14-1-10(2-15)12(5-18,6-19)24-13(7-20,8-21)11(3-16,4-17)23(10)9-22;/h1-9H2;1H. The van der Waals surface area contributed by atoms with E-state index in [1.165, 1.54) is 0 Å². The molecule has 0 aromatic rings. The van der Waals surface area contributed by atoms with Crippen LogP contribution in [0.2, 0.25) is 0 Å². The summed E-state index contributed by atoms with van der Waals surface area (Å²) in [6.45, 7) is -18.0. The second-order valence-corrected chi connectivity index (χ2v) is 5.77. The zero-order valence-electron chi connectivity index (χ0n) is 13.0. The van der Waals surface area contributed by atoms with Gasteiger partial charge in [-0.2, -0.15) is 0 Å². The molecule has 2 nitrogen and oxygen atoms in total. The monoisotopic (exact) mass is 411 g/mol. The summed E-state index contributed by atoms with van der Waals surface area (Å²) < 4.78 is 127. The first-order valence-electron chi connectivity index (χ1n) is 6.91. The van der Waals surface area contributed by atoms with Crippen molar-refractivity contribution in [3.8, 4) is 0 Å². The highest BCUT2D eigenvalue weighted by Crippen LogP contribution is 2.52. The highest BCUT2D eigenvalue weighted by Gasteiger charge is 2.74. The highest BCUT2D eigenvalue weighted by molar-refractivity contribution is 5.85. The van der Waals surface area contributed by atoms with Gasteiger partial charge in [-0.15, -0.1) is 12.4 Å². The van der Waals surface area contributed by atoms with Crippen LogP contribution in [0.5, 0.6) is 0 Å². The number of nitrogens with zero attached hydrogens (tertiary/aromatic N) is 1. The van der Waals surface area contributed by atoms with Crippen LogP contribution in [-0.4, -0.2) is 87.4 Å². The summed E-state index contributed by atoms with van der Waals surface area (Å²) in [7, 11) is 0. The number of alkyl halides is 9. The lowest BCUT2D eigenvalue weighted by atomic mass is 9.69. The fraction of sp³-hybridized carbons (Fsp3) is 1.00. The molecule has 1 aliphatic heterocycles. The van der Waals surface area contributed by atoms with E-state index in [0.717, 1.165) is 0 Å². The predicted octanol–water partition coefficient (Wildman–Crippen LogP) is 3.38. The van der Waals surface area contributed by atoms with Gasteiger partial charge in [-0.25, -0.2) is 44.4 Å². The molecule has 0 saturated carbocycles. The summed E-state index contributed by atoms with van der Waals surface area (Å²) in [5.74, 6) is 0. The van der Waals surface area contributed by atoms with Crippen LogP contribution >= 0.6 is 12.4 Å². The van der Waals surface area contributed by atoms with Crippen LogP contribution in [0, 0.1) is 0 Å². The van der Waals surface area contributed by atoms with Crippen molar-refractivity contribution < 1.29 is 44.3 Å². The van der Waals surface area contributed by atoms with Gasteiger partial charge in [0.2, 0.25) is 0 Å². The highest BCUT2D eigenvalue weighted by atomic mass is 35.5. The maximum absolute atomic E-state index is 13.6. The Morgan fingerprint density at radius 3 is 0.960 bits per heavy atom. The van der Waals surface area contributed by atoms with E-state index in [-0.39, 0.29) is 17.3 Å². The smallest absolute Gasteiger partial charge is 0.149 e. The van der Waals surface area contributed by atoms with Gasteiger partial charge in [-0.05, 0) is 0 Å². The Morgan fingerprint density at radius 1 is 0.520 bits per heavy atom. The molecule has 0 N–H and O–H groups in total. The van der Waals surface area contributed by atoms with E-state index < -0.39 is 82.5 Å². The van der Waals surface area contributed by atoms with E-state index in [2.05, 4.69) is 0 Å². The molecule has 0 bridgehead atoms. The lowest BCUT2D eigenvalue weighted by molar-refractivity contribution is -0.355. The normalized spacial score (nSPS) is 23.9. The molecule has 1 aliphatic rings. The Morgan fingerprint density at radius 2 is 0.800 bits per heavy atom. The van der Waals surface area contributed by atoms with Crippen LogP contribution in [0.3, 0.4) is 0 Å². The Hall–Kier alpha value is -0.420. The van der Waals surface area contributed by atoms with E-state index in [0.29, 0.717) is 0 Å². The quantitative estimate of drug-likeness (QED) is 0.426. The number of morpholine rings is 1. The number of hydrogen-bond donors (Lipinski definition) is 0. The third-order valence-corrected chi connectivity index (χ3v) is 4.99. The Balaban J connectivity index is 0.00000576. The Bertz CT molecular complexity index is 367. The number of ether oxygens (including phenoxy) is 1. The van der Waals surface area contributed by atoms with Crippen molar-refractivity contribution in [2.45, 2.75) is 22.3 Å². The van der Waals surface area contributed by atoms with Gasteiger partial charge in [0.1, 0.15) is 82.5 Å². The first-order chi connectivity index (χ1) is 11.4. The van der Waals surface area contributed by atoms with Gasteiger partial charge in [-0.1, -0.05) is 0 Å². The third-order valence-electron chi connectivity index (χ3n) is 4.99. The van der Waals surface area contributed by atoms with E-state index in [4.69, 9.17) is 4.74 Å². The molecule has 1 heterocycles. The minimum atomic E-state index is -3.17. The fourth-order valence-corrected chi connectivity index (χ4v) is 3.22. The molecular formula is C13H19ClF9NO. The predicted molar refractivity (Wildman–Crippen MR) is 74.9 cm³/mol. The molecule has 1 saturated heterocycles. The van der Waals surface area contributed by atoms with Gasteiger partial charge in [0, 0.05) is 0 Å². The van der Waals surface area contributed by atoms with Crippen LogP contribution in [0.15, 0.2) is 0 Å². The Labute approximate surface area is 145 Å². The minimum absolute atomic E-state index is 0. The van der Waals surface area contributed by atoms with Gasteiger partial charge in [0.15, 0.2) is 0 Å². The van der Waals surface area contributed by atoms with Crippen LogP contribution in [0.25, 0.3) is 0 Å².